The summed E-state index contributed by atoms with van der Waals surface area (Å²) in [6.07, 6.45) is 2.57. The summed E-state index contributed by atoms with van der Waals surface area (Å²) in [6, 6.07) is 8.88. The van der Waals surface area contributed by atoms with E-state index in [0.29, 0.717) is 24.2 Å². The van der Waals surface area contributed by atoms with Crippen LogP contribution in [0.4, 0.5) is 5.69 Å². The van der Waals surface area contributed by atoms with Crippen molar-refractivity contribution in [3.05, 3.63) is 41.6 Å². The number of fused-ring (bicyclic) bond motifs is 1. The SMILES string of the molecule is N#Cc1ccnnc1Oc1ccc2c(c1)CCC(=O)N2. The van der Waals surface area contributed by atoms with Gasteiger partial charge in [-0.25, -0.2) is 0 Å². The van der Waals surface area contributed by atoms with E-state index in [2.05, 4.69) is 15.5 Å². The highest BCUT2D eigenvalue weighted by atomic mass is 16.5. The normalized spacial score (nSPS) is 13.1. The molecule has 0 saturated heterocycles. The Morgan fingerprint density at radius 3 is 3.05 bits per heavy atom. The molecular formula is C14H10N4O2. The first-order chi connectivity index (χ1) is 9.76. The monoisotopic (exact) mass is 266 g/mol. The molecule has 6 heteroatoms. The van der Waals surface area contributed by atoms with Crippen LogP contribution >= 0.6 is 0 Å². The number of anilines is 1. The van der Waals surface area contributed by atoms with Crippen LogP contribution in [0.15, 0.2) is 30.5 Å². The van der Waals surface area contributed by atoms with Crippen LogP contribution in [-0.4, -0.2) is 16.1 Å². The van der Waals surface area contributed by atoms with E-state index < -0.39 is 0 Å². The molecule has 1 aromatic heterocycles. The van der Waals surface area contributed by atoms with Crippen LogP contribution in [0.1, 0.15) is 17.5 Å². The molecule has 0 unspecified atom stereocenters. The molecule has 0 bridgehead atoms. The molecule has 0 saturated carbocycles. The van der Waals surface area contributed by atoms with Gasteiger partial charge in [-0.15, -0.1) is 5.10 Å². The third kappa shape index (κ3) is 2.29. The maximum absolute atomic E-state index is 11.3. The van der Waals surface area contributed by atoms with E-state index in [1.54, 1.807) is 18.2 Å². The van der Waals surface area contributed by atoms with Crippen molar-refractivity contribution in [1.29, 1.82) is 5.26 Å². The molecule has 0 aliphatic carbocycles. The lowest BCUT2D eigenvalue weighted by Gasteiger charge is -2.17. The van der Waals surface area contributed by atoms with Crippen molar-refractivity contribution in [2.75, 3.05) is 5.32 Å². The fraction of sp³-hybridized carbons (Fsp3) is 0.143. The molecule has 2 heterocycles. The number of ether oxygens (including phenoxy) is 1. The highest BCUT2D eigenvalue weighted by Crippen LogP contribution is 2.29. The number of carbonyl (C=O) groups is 1. The van der Waals surface area contributed by atoms with Crippen molar-refractivity contribution >= 4 is 11.6 Å². The summed E-state index contributed by atoms with van der Waals surface area (Å²) in [5, 5.41) is 19.3. The molecule has 1 N–H and O–H groups in total. The largest absolute Gasteiger partial charge is 0.437 e. The summed E-state index contributed by atoms with van der Waals surface area (Å²) >= 11 is 0. The van der Waals surface area contributed by atoms with Gasteiger partial charge < -0.3 is 10.1 Å². The van der Waals surface area contributed by atoms with E-state index in [1.807, 2.05) is 12.1 Å². The first-order valence-corrected chi connectivity index (χ1v) is 6.08. The molecule has 2 aromatic rings. The fourth-order valence-electron chi connectivity index (χ4n) is 2.01. The van der Waals surface area contributed by atoms with E-state index in [1.165, 1.54) is 6.20 Å². The Kier molecular flexibility index (Phi) is 3.01. The quantitative estimate of drug-likeness (QED) is 0.898. The van der Waals surface area contributed by atoms with Gasteiger partial charge in [0, 0.05) is 12.1 Å². The molecule has 6 nitrogen and oxygen atoms in total. The van der Waals surface area contributed by atoms with Crippen LogP contribution in [0.3, 0.4) is 0 Å². The molecule has 1 amide bonds. The maximum Gasteiger partial charge on any atom is 0.256 e. The van der Waals surface area contributed by atoms with E-state index >= 15 is 0 Å². The number of aryl methyl sites for hydroxylation is 1. The molecular weight excluding hydrogens is 256 g/mol. The molecule has 0 fully saturated rings. The summed E-state index contributed by atoms with van der Waals surface area (Å²) < 4.78 is 5.58. The van der Waals surface area contributed by atoms with Gasteiger partial charge in [-0.2, -0.15) is 10.4 Å². The van der Waals surface area contributed by atoms with Gasteiger partial charge in [0.1, 0.15) is 17.4 Å². The Morgan fingerprint density at radius 2 is 2.20 bits per heavy atom. The first-order valence-electron chi connectivity index (χ1n) is 6.08. The minimum atomic E-state index is 0.0202. The lowest BCUT2D eigenvalue weighted by Crippen LogP contribution is -2.18. The molecule has 1 aromatic carbocycles. The van der Waals surface area contributed by atoms with Gasteiger partial charge in [0.2, 0.25) is 5.91 Å². The Labute approximate surface area is 115 Å². The molecule has 0 spiro atoms. The predicted octanol–water partition coefficient (Wildman–Crippen LogP) is 2.03. The average Bonchev–Trinajstić information content (AvgIpc) is 2.48. The topological polar surface area (TPSA) is 87.9 Å². The molecule has 3 rings (SSSR count). The molecule has 98 valence electrons. The van der Waals surface area contributed by atoms with Gasteiger partial charge >= 0.3 is 0 Å². The van der Waals surface area contributed by atoms with Gasteiger partial charge in [-0.3, -0.25) is 4.79 Å². The average molecular weight is 266 g/mol. The lowest BCUT2D eigenvalue weighted by molar-refractivity contribution is -0.116. The number of benzene rings is 1. The van der Waals surface area contributed by atoms with E-state index in [4.69, 9.17) is 10.00 Å². The number of nitrogens with zero attached hydrogens (tertiary/aromatic N) is 3. The van der Waals surface area contributed by atoms with E-state index in [0.717, 1.165) is 11.3 Å². The Morgan fingerprint density at radius 1 is 1.30 bits per heavy atom. The standard InChI is InChI=1S/C14H10N4O2/c15-8-10-5-6-16-18-14(10)20-11-2-3-12-9(7-11)1-4-13(19)17-12/h2-3,5-7H,1,4H2,(H,17,19). The second-order valence-electron chi connectivity index (χ2n) is 4.33. The van der Waals surface area contributed by atoms with Gasteiger partial charge in [0.25, 0.3) is 5.88 Å². The number of hydrogen-bond acceptors (Lipinski definition) is 5. The van der Waals surface area contributed by atoms with Crippen molar-refractivity contribution in [1.82, 2.24) is 10.2 Å². The molecule has 1 aliphatic heterocycles. The van der Waals surface area contributed by atoms with Crippen LogP contribution in [0.5, 0.6) is 11.6 Å². The molecule has 1 aliphatic rings. The first kappa shape index (κ1) is 12.1. The highest BCUT2D eigenvalue weighted by molar-refractivity contribution is 5.94. The van der Waals surface area contributed by atoms with Gasteiger partial charge in [-0.1, -0.05) is 0 Å². The number of aromatic nitrogens is 2. The number of rotatable bonds is 2. The summed E-state index contributed by atoms with van der Waals surface area (Å²) in [5.41, 5.74) is 2.13. The summed E-state index contributed by atoms with van der Waals surface area (Å²) in [6.45, 7) is 0. The van der Waals surface area contributed by atoms with Crippen molar-refractivity contribution in [2.24, 2.45) is 0 Å². The zero-order chi connectivity index (χ0) is 13.9. The minimum absolute atomic E-state index is 0.0202. The molecule has 0 radical (unpaired) electrons. The second kappa shape index (κ2) is 4.97. The van der Waals surface area contributed by atoms with Gasteiger partial charge in [0.15, 0.2) is 0 Å². The number of amides is 1. The fourth-order valence-corrected chi connectivity index (χ4v) is 2.01. The van der Waals surface area contributed by atoms with E-state index in [9.17, 15) is 4.79 Å². The number of nitriles is 1. The van der Waals surface area contributed by atoms with Crippen LogP contribution in [0.25, 0.3) is 0 Å². The van der Waals surface area contributed by atoms with Crippen molar-refractivity contribution in [2.45, 2.75) is 12.8 Å². The molecule has 20 heavy (non-hydrogen) atoms. The lowest BCUT2D eigenvalue weighted by atomic mass is 10.0. The number of nitrogens with one attached hydrogen (secondary N) is 1. The van der Waals surface area contributed by atoms with Crippen LogP contribution in [0.2, 0.25) is 0 Å². The van der Waals surface area contributed by atoms with E-state index in [-0.39, 0.29) is 11.8 Å². The van der Waals surface area contributed by atoms with Crippen LogP contribution < -0.4 is 10.1 Å². The smallest absolute Gasteiger partial charge is 0.256 e. The predicted molar refractivity (Wildman–Crippen MR) is 70.2 cm³/mol. The summed E-state index contributed by atoms with van der Waals surface area (Å²) in [5.74, 6) is 0.763. The van der Waals surface area contributed by atoms with Gasteiger partial charge in [-0.05, 0) is 36.2 Å². The van der Waals surface area contributed by atoms with Crippen molar-refractivity contribution in [3.8, 4) is 17.7 Å². The Bertz CT molecular complexity index is 721. The summed E-state index contributed by atoms with van der Waals surface area (Å²) in [7, 11) is 0. The second-order valence-corrected chi connectivity index (χ2v) is 4.33. The molecule has 0 atom stereocenters. The van der Waals surface area contributed by atoms with Crippen LogP contribution in [-0.2, 0) is 11.2 Å². The number of hydrogen-bond donors (Lipinski definition) is 1. The van der Waals surface area contributed by atoms with Crippen molar-refractivity contribution < 1.29 is 9.53 Å². The summed E-state index contributed by atoms with van der Waals surface area (Å²) in [4.78, 5) is 11.3. The van der Waals surface area contributed by atoms with Gasteiger partial charge in [0.05, 0.1) is 6.20 Å². The zero-order valence-corrected chi connectivity index (χ0v) is 10.5. The highest BCUT2D eigenvalue weighted by Gasteiger charge is 2.15. The van der Waals surface area contributed by atoms with Crippen LogP contribution in [0, 0.1) is 11.3 Å². The maximum atomic E-state index is 11.3. The minimum Gasteiger partial charge on any atom is -0.437 e. The third-order valence-corrected chi connectivity index (χ3v) is 2.99. The third-order valence-electron chi connectivity index (χ3n) is 2.99. The van der Waals surface area contributed by atoms with Crippen molar-refractivity contribution in [3.63, 3.8) is 0 Å². The Balaban J connectivity index is 1.89. The zero-order valence-electron chi connectivity index (χ0n) is 10.5. The number of carbonyl (C=O) groups excluding carboxylic acids is 1. The Hall–Kier alpha value is -2.94.